The van der Waals surface area contributed by atoms with Gasteiger partial charge in [-0.3, -0.25) is 14.4 Å². The number of fused-ring (bicyclic) bond motifs is 1. The Morgan fingerprint density at radius 2 is 1.75 bits per heavy atom. The maximum absolute atomic E-state index is 14.9. The van der Waals surface area contributed by atoms with Crippen molar-refractivity contribution in [3.63, 3.8) is 0 Å². The zero-order valence-corrected chi connectivity index (χ0v) is 27.0. The van der Waals surface area contributed by atoms with Crippen molar-refractivity contribution >= 4 is 29.5 Å². The molecular formula is C32H53N3O4S. The van der Waals surface area contributed by atoms with Gasteiger partial charge in [-0.15, -0.1) is 24.9 Å². The summed E-state index contributed by atoms with van der Waals surface area (Å²) < 4.78 is -1.14. The molecule has 6 atom stereocenters. The molecule has 7 nitrogen and oxygen atoms in total. The number of rotatable bonds is 13. The molecule has 3 fully saturated rings. The fourth-order valence-corrected chi connectivity index (χ4v) is 10.4. The molecule has 3 aliphatic rings. The predicted molar refractivity (Wildman–Crippen MR) is 164 cm³/mol. The Bertz CT molecular complexity index is 1000. The molecule has 3 aliphatic heterocycles. The maximum atomic E-state index is 14.9. The molecule has 1 spiro atoms. The Morgan fingerprint density at radius 3 is 2.25 bits per heavy atom. The summed E-state index contributed by atoms with van der Waals surface area (Å²) in [7, 11) is 0. The number of carbonyl (C=O) groups is 3. The van der Waals surface area contributed by atoms with Gasteiger partial charge in [-0.2, -0.15) is 0 Å². The van der Waals surface area contributed by atoms with Gasteiger partial charge in [-0.1, -0.05) is 46.8 Å². The molecule has 226 valence electrons. The van der Waals surface area contributed by atoms with Crippen LogP contribution >= 0.6 is 11.8 Å². The van der Waals surface area contributed by atoms with Gasteiger partial charge in [0, 0.05) is 29.9 Å². The Kier molecular flexibility index (Phi) is 9.67. The largest absolute Gasteiger partial charge is 0.394 e. The van der Waals surface area contributed by atoms with Crippen molar-refractivity contribution in [2.24, 2.45) is 17.3 Å². The van der Waals surface area contributed by atoms with Crippen LogP contribution in [0.5, 0.6) is 0 Å². The van der Waals surface area contributed by atoms with Gasteiger partial charge in [0.15, 0.2) is 0 Å². The fraction of sp³-hybridized carbons (Fsp3) is 0.781. The van der Waals surface area contributed by atoms with E-state index < -0.39 is 39.0 Å². The van der Waals surface area contributed by atoms with E-state index in [0.717, 1.165) is 19.3 Å². The van der Waals surface area contributed by atoms with Crippen molar-refractivity contribution in [2.75, 3.05) is 26.2 Å². The van der Waals surface area contributed by atoms with Gasteiger partial charge in [0.05, 0.1) is 29.2 Å². The van der Waals surface area contributed by atoms with Gasteiger partial charge in [0.1, 0.15) is 6.04 Å². The van der Waals surface area contributed by atoms with E-state index in [9.17, 15) is 19.5 Å². The first-order valence-electron chi connectivity index (χ1n) is 15.0. The van der Waals surface area contributed by atoms with Gasteiger partial charge in [-0.05, 0) is 58.3 Å². The van der Waals surface area contributed by atoms with Crippen LogP contribution in [0.15, 0.2) is 25.3 Å². The molecule has 3 saturated heterocycles. The Hall–Kier alpha value is -1.80. The van der Waals surface area contributed by atoms with E-state index in [4.69, 9.17) is 0 Å². The summed E-state index contributed by atoms with van der Waals surface area (Å²) in [6, 6.07) is -1.23. The number of aliphatic hydroxyl groups is 1. The lowest BCUT2D eigenvalue weighted by molar-refractivity contribution is -0.150. The van der Waals surface area contributed by atoms with Crippen LogP contribution in [-0.4, -0.2) is 90.9 Å². The third-order valence-electron chi connectivity index (χ3n) is 9.22. The third kappa shape index (κ3) is 5.51. The van der Waals surface area contributed by atoms with Gasteiger partial charge in [-0.25, -0.2) is 0 Å². The van der Waals surface area contributed by atoms with E-state index >= 15 is 0 Å². The number of carbonyl (C=O) groups excluding carboxylic acids is 3. The Balaban J connectivity index is 2.17. The van der Waals surface area contributed by atoms with E-state index in [0.29, 0.717) is 32.5 Å². The second-order valence-corrected chi connectivity index (χ2v) is 16.0. The summed E-state index contributed by atoms with van der Waals surface area (Å²) in [5.41, 5.74) is -0.512. The van der Waals surface area contributed by atoms with Crippen LogP contribution in [0.25, 0.3) is 0 Å². The number of hydrogen-bond acceptors (Lipinski definition) is 5. The van der Waals surface area contributed by atoms with E-state index in [1.165, 1.54) is 0 Å². The summed E-state index contributed by atoms with van der Waals surface area (Å²) in [5, 5.41) is 10.4. The van der Waals surface area contributed by atoms with Crippen LogP contribution in [0.1, 0.15) is 87.5 Å². The van der Waals surface area contributed by atoms with Crippen molar-refractivity contribution in [1.82, 2.24) is 14.7 Å². The van der Waals surface area contributed by atoms with Crippen molar-refractivity contribution in [3.05, 3.63) is 25.3 Å². The number of likely N-dealkylation sites (tertiary alicyclic amines) is 1. The normalized spacial score (nSPS) is 30.3. The fourth-order valence-electron chi connectivity index (χ4n) is 8.05. The molecule has 3 rings (SSSR count). The average Bonchev–Trinajstić information content (AvgIpc) is 3.42. The first kappa shape index (κ1) is 32.7. The van der Waals surface area contributed by atoms with Gasteiger partial charge in [0.2, 0.25) is 17.7 Å². The van der Waals surface area contributed by atoms with E-state index in [1.807, 2.05) is 23.6 Å². The Labute approximate surface area is 246 Å². The molecule has 0 aromatic heterocycles. The highest BCUT2D eigenvalue weighted by atomic mass is 32.2. The van der Waals surface area contributed by atoms with E-state index in [-0.39, 0.29) is 29.7 Å². The number of hydrogen-bond donors (Lipinski definition) is 1. The molecule has 40 heavy (non-hydrogen) atoms. The quantitative estimate of drug-likeness (QED) is 0.316. The van der Waals surface area contributed by atoms with E-state index in [2.05, 4.69) is 54.7 Å². The standard InChI is InChI=1S/C32H53N3O4S/c1-11-17-33(18-12-2)26(37)23-24-27(38)35(22(14-4)20-36)25(32(24)16-15-31(23,10)40-32)28(39)34(19-13-3)30(8,9)21-29(5,6)7/h11,13,22-25,36H,1,3,12,14-21H2,2,4-10H3/t22-,23+,24-,25?,31-,32?/m0/s1. The topological polar surface area (TPSA) is 81.2 Å². The summed E-state index contributed by atoms with van der Waals surface area (Å²) >= 11 is 1.69. The monoisotopic (exact) mass is 575 g/mol. The molecule has 0 aromatic carbocycles. The number of aliphatic hydroxyl groups excluding tert-OH is 1. The minimum Gasteiger partial charge on any atom is -0.394 e. The average molecular weight is 576 g/mol. The van der Waals surface area contributed by atoms with Crippen molar-refractivity contribution in [2.45, 2.75) is 115 Å². The molecule has 0 aromatic rings. The maximum Gasteiger partial charge on any atom is 0.247 e. The smallest absolute Gasteiger partial charge is 0.247 e. The van der Waals surface area contributed by atoms with E-state index in [1.54, 1.807) is 28.8 Å². The number of thioether (sulfide) groups is 1. The predicted octanol–water partition coefficient (Wildman–Crippen LogP) is 4.89. The molecule has 0 saturated carbocycles. The molecule has 2 bridgehead atoms. The molecule has 0 aliphatic carbocycles. The highest BCUT2D eigenvalue weighted by Gasteiger charge is 2.78. The summed E-state index contributed by atoms with van der Waals surface area (Å²) in [5.74, 6) is -1.39. The summed E-state index contributed by atoms with van der Waals surface area (Å²) in [4.78, 5) is 49.0. The lowest BCUT2D eigenvalue weighted by Crippen LogP contribution is -2.61. The van der Waals surface area contributed by atoms with Crippen LogP contribution < -0.4 is 0 Å². The van der Waals surface area contributed by atoms with Crippen LogP contribution in [0.2, 0.25) is 0 Å². The molecule has 3 heterocycles. The third-order valence-corrected chi connectivity index (χ3v) is 11.2. The lowest BCUT2D eigenvalue weighted by atomic mass is 9.66. The van der Waals surface area contributed by atoms with Gasteiger partial charge < -0.3 is 19.8 Å². The number of amides is 3. The van der Waals surface area contributed by atoms with Gasteiger partial charge >= 0.3 is 0 Å². The lowest BCUT2D eigenvalue weighted by Gasteiger charge is -2.46. The van der Waals surface area contributed by atoms with Gasteiger partial charge in [0.25, 0.3) is 0 Å². The molecule has 8 heteroatoms. The minimum absolute atomic E-state index is 0.0159. The minimum atomic E-state index is -0.745. The second-order valence-electron chi connectivity index (χ2n) is 14.1. The summed E-state index contributed by atoms with van der Waals surface area (Å²) in [6.45, 7) is 25.8. The zero-order chi connectivity index (χ0) is 30.3. The van der Waals surface area contributed by atoms with Crippen molar-refractivity contribution < 1.29 is 19.5 Å². The van der Waals surface area contributed by atoms with Crippen LogP contribution in [0, 0.1) is 17.3 Å². The first-order chi connectivity index (χ1) is 18.6. The Morgan fingerprint density at radius 1 is 1.12 bits per heavy atom. The molecule has 2 unspecified atom stereocenters. The number of nitrogens with zero attached hydrogens (tertiary/aromatic N) is 3. The van der Waals surface area contributed by atoms with Crippen LogP contribution in [0.3, 0.4) is 0 Å². The highest BCUT2D eigenvalue weighted by Crippen LogP contribution is 2.72. The summed E-state index contributed by atoms with van der Waals surface area (Å²) in [6.07, 6.45) is 7.08. The zero-order valence-electron chi connectivity index (χ0n) is 26.2. The molecule has 3 amide bonds. The van der Waals surface area contributed by atoms with Crippen LogP contribution in [0.4, 0.5) is 0 Å². The van der Waals surface area contributed by atoms with Crippen molar-refractivity contribution in [1.29, 1.82) is 0 Å². The first-order valence-corrected chi connectivity index (χ1v) is 15.9. The SMILES string of the molecule is C=CCN(CCC)C(=O)[C@H]1[C@H]2C(=O)N([C@@H](CC)CO)C(C(=O)N(CC=C)C(C)(C)CC(C)(C)C)C23CC[C@]1(C)S3. The highest BCUT2D eigenvalue weighted by molar-refractivity contribution is 8.02. The van der Waals surface area contributed by atoms with Crippen molar-refractivity contribution in [3.8, 4) is 0 Å². The molecule has 1 N–H and O–H groups in total. The molecular weight excluding hydrogens is 522 g/mol. The molecule has 0 radical (unpaired) electrons. The van der Waals surface area contributed by atoms with Crippen LogP contribution in [-0.2, 0) is 14.4 Å². The second kappa shape index (κ2) is 11.8.